The molecular weight excluding hydrogens is 385 g/mol. The lowest BCUT2D eigenvalue weighted by molar-refractivity contribution is -0.136. The van der Waals surface area contributed by atoms with E-state index in [1.165, 1.54) is 4.90 Å². The molecule has 0 aliphatic carbocycles. The topological polar surface area (TPSA) is 46.6 Å². The monoisotopic (exact) mass is 403 g/mol. The van der Waals surface area contributed by atoms with Crippen molar-refractivity contribution in [2.24, 2.45) is 0 Å². The van der Waals surface area contributed by atoms with E-state index in [2.05, 4.69) is 0 Å². The number of hydrogen-bond donors (Lipinski definition) is 0. The van der Waals surface area contributed by atoms with Gasteiger partial charge in [0.15, 0.2) is 12.5 Å². The zero-order chi connectivity index (χ0) is 19.8. The lowest BCUT2D eigenvalue weighted by atomic mass is 9.89. The molecule has 1 aliphatic heterocycles. The van der Waals surface area contributed by atoms with E-state index in [4.69, 9.17) is 27.9 Å². The fraction of sp³-hybridized carbons (Fsp3) is 0.238. The molecule has 0 radical (unpaired) electrons. The van der Waals surface area contributed by atoms with Crippen LogP contribution in [-0.2, 0) is 9.53 Å². The fourth-order valence-corrected chi connectivity index (χ4v) is 3.61. The maximum Gasteiger partial charge on any atom is 0.261 e. The number of rotatable bonds is 4. The fourth-order valence-electron chi connectivity index (χ4n) is 3.09. The van der Waals surface area contributed by atoms with Gasteiger partial charge < -0.3 is 4.74 Å². The minimum Gasteiger partial charge on any atom is -0.477 e. The summed E-state index contributed by atoms with van der Waals surface area (Å²) in [5, 5.41) is 0.729. The number of carbonyl (C=O) groups excluding carboxylic acids is 2. The van der Waals surface area contributed by atoms with Gasteiger partial charge in [-0.05, 0) is 44.5 Å². The van der Waals surface area contributed by atoms with Crippen LogP contribution in [0.25, 0.3) is 5.57 Å². The third-order valence-corrected chi connectivity index (χ3v) is 5.08. The normalized spacial score (nSPS) is 15.0. The Hall–Kier alpha value is -2.30. The van der Waals surface area contributed by atoms with E-state index in [1.54, 1.807) is 39.0 Å². The molecule has 27 heavy (non-hydrogen) atoms. The Bertz CT molecular complexity index is 915. The zero-order valence-electron chi connectivity index (χ0n) is 15.3. The van der Waals surface area contributed by atoms with Crippen LogP contribution in [-0.4, -0.2) is 28.9 Å². The average Bonchev–Trinajstić information content (AvgIpc) is 2.61. The maximum absolute atomic E-state index is 13.2. The van der Waals surface area contributed by atoms with Gasteiger partial charge in [0.1, 0.15) is 11.3 Å². The number of ketones is 1. The first kappa shape index (κ1) is 19.5. The van der Waals surface area contributed by atoms with Gasteiger partial charge in [-0.25, -0.2) is 0 Å². The minimum absolute atomic E-state index is 0.00591. The van der Waals surface area contributed by atoms with E-state index < -0.39 is 5.54 Å². The van der Waals surface area contributed by atoms with Crippen LogP contribution in [0.4, 0.5) is 0 Å². The molecule has 1 aliphatic rings. The third-order valence-electron chi connectivity index (χ3n) is 4.64. The SMILES string of the molecule is CC1=C(c2ccccc2)C(=O)N(C(C)(C)C(=O)c2cc(Cl)cc(Cl)c2)CO1. The molecule has 1 amide bonds. The van der Waals surface area contributed by atoms with Gasteiger partial charge in [0.2, 0.25) is 0 Å². The molecule has 0 unspecified atom stereocenters. The van der Waals surface area contributed by atoms with Gasteiger partial charge in [-0.3, -0.25) is 14.5 Å². The predicted molar refractivity (Wildman–Crippen MR) is 107 cm³/mol. The Balaban J connectivity index is 1.97. The van der Waals surface area contributed by atoms with E-state index in [9.17, 15) is 9.59 Å². The first-order chi connectivity index (χ1) is 12.7. The van der Waals surface area contributed by atoms with Crippen molar-refractivity contribution in [3.8, 4) is 0 Å². The van der Waals surface area contributed by atoms with Crippen LogP contribution in [0.15, 0.2) is 54.3 Å². The molecular formula is C21H19Cl2NO3. The van der Waals surface area contributed by atoms with Gasteiger partial charge in [-0.2, -0.15) is 0 Å². The molecule has 1 heterocycles. The van der Waals surface area contributed by atoms with E-state index in [0.717, 1.165) is 5.56 Å². The second-order valence-corrected chi connectivity index (χ2v) is 7.72. The smallest absolute Gasteiger partial charge is 0.261 e. The number of nitrogens with zero attached hydrogens (tertiary/aromatic N) is 1. The van der Waals surface area contributed by atoms with Crippen LogP contribution in [0.5, 0.6) is 0 Å². The number of hydrogen-bond acceptors (Lipinski definition) is 3. The summed E-state index contributed by atoms with van der Waals surface area (Å²) in [6.07, 6.45) is 0. The summed E-state index contributed by atoms with van der Waals surface area (Å²) in [6, 6.07) is 13.9. The molecule has 0 saturated heterocycles. The molecule has 0 bridgehead atoms. The lowest BCUT2D eigenvalue weighted by Gasteiger charge is -2.40. The van der Waals surface area contributed by atoms with E-state index in [-0.39, 0.29) is 18.4 Å². The van der Waals surface area contributed by atoms with Crippen LogP contribution in [0, 0.1) is 0 Å². The van der Waals surface area contributed by atoms with Crippen molar-refractivity contribution in [2.75, 3.05) is 6.73 Å². The number of allylic oxidation sites excluding steroid dienone is 1. The highest BCUT2D eigenvalue weighted by Gasteiger charge is 2.42. The molecule has 0 saturated carbocycles. The first-order valence-corrected chi connectivity index (χ1v) is 9.19. The van der Waals surface area contributed by atoms with Gasteiger partial charge in [-0.15, -0.1) is 0 Å². The molecule has 3 rings (SSSR count). The molecule has 0 spiro atoms. The summed E-state index contributed by atoms with van der Waals surface area (Å²) >= 11 is 12.1. The number of ether oxygens (including phenoxy) is 1. The Kier molecular flexibility index (Phi) is 5.31. The van der Waals surface area contributed by atoms with Gasteiger partial charge >= 0.3 is 0 Å². The summed E-state index contributed by atoms with van der Waals surface area (Å²) in [4.78, 5) is 27.8. The largest absolute Gasteiger partial charge is 0.477 e. The molecule has 4 nitrogen and oxygen atoms in total. The molecule has 0 N–H and O–H groups in total. The second kappa shape index (κ2) is 7.37. The van der Waals surface area contributed by atoms with Gasteiger partial charge in [0, 0.05) is 15.6 Å². The Morgan fingerprint density at radius 3 is 2.26 bits per heavy atom. The van der Waals surface area contributed by atoms with Gasteiger partial charge in [-0.1, -0.05) is 53.5 Å². The van der Waals surface area contributed by atoms with E-state index in [0.29, 0.717) is 26.9 Å². The van der Waals surface area contributed by atoms with E-state index in [1.807, 2.05) is 30.3 Å². The highest BCUT2D eigenvalue weighted by Crippen LogP contribution is 2.32. The number of Topliss-reactive ketones (excluding diaryl/α,β-unsaturated/α-hetero) is 1. The Morgan fingerprint density at radius 1 is 1.07 bits per heavy atom. The first-order valence-electron chi connectivity index (χ1n) is 8.44. The molecule has 0 aromatic heterocycles. The summed E-state index contributed by atoms with van der Waals surface area (Å²) < 4.78 is 5.73. The molecule has 0 atom stereocenters. The van der Waals surface area contributed by atoms with Gasteiger partial charge in [0.25, 0.3) is 5.91 Å². The van der Waals surface area contributed by atoms with E-state index >= 15 is 0 Å². The van der Waals surface area contributed by atoms with Crippen LogP contribution in [0.3, 0.4) is 0 Å². The highest BCUT2D eigenvalue weighted by molar-refractivity contribution is 6.35. The van der Waals surface area contributed by atoms with Crippen molar-refractivity contribution in [3.63, 3.8) is 0 Å². The third kappa shape index (κ3) is 3.73. The van der Waals surface area contributed by atoms with Crippen molar-refractivity contribution >= 4 is 40.5 Å². The standard InChI is InChI=1S/C21H19Cl2NO3/c1-13-18(14-7-5-4-6-8-14)20(26)24(12-27-13)21(2,3)19(25)15-9-16(22)11-17(23)10-15/h4-11H,12H2,1-3H3. The number of halogens is 2. The Morgan fingerprint density at radius 2 is 1.67 bits per heavy atom. The second-order valence-electron chi connectivity index (χ2n) is 6.85. The minimum atomic E-state index is -1.15. The predicted octanol–water partition coefficient (Wildman–Crippen LogP) is 5.20. The van der Waals surface area contributed by atoms with Crippen LogP contribution < -0.4 is 0 Å². The zero-order valence-corrected chi connectivity index (χ0v) is 16.8. The highest BCUT2D eigenvalue weighted by atomic mass is 35.5. The number of amides is 1. The number of benzene rings is 2. The summed E-state index contributed by atoms with van der Waals surface area (Å²) in [5.41, 5.74) is 0.398. The quantitative estimate of drug-likeness (QED) is 0.658. The van der Waals surface area contributed by atoms with Crippen LogP contribution in [0.2, 0.25) is 10.0 Å². The molecule has 2 aromatic rings. The average molecular weight is 404 g/mol. The molecule has 0 fully saturated rings. The van der Waals surface area contributed by atoms with Crippen molar-refractivity contribution in [2.45, 2.75) is 26.3 Å². The number of carbonyl (C=O) groups is 2. The molecule has 6 heteroatoms. The van der Waals surface area contributed by atoms with Crippen molar-refractivity contribution in [1.29, 1.82) is 0 Å². The van der Waals surface area contributed by atoms with Crippen LogP contribution in [0.1, 0.15) is 36.7 Å². The lowest BCUT2D eigenvalue weighted by Crippen LogP contribution is -2.55. The van der Waals surface area contributed by atoms with Crippen LogP contribution >= 0.6 is 23.2 Å². The summed E-state index contributed by atoms with van der Waals surface area (Å²) in [6.45, 7) is 5.13. The summed E-state index contributed by atoms with van der Waals surface area (Å²) in [7, 11) is 0. The molecule has 140 valence electrons. The van der Waals surface area contributed by atoms with Gasteiger partial charge in [0.05, 0.1) is 5.57 Å². The van der Waals surface area contributed by atoms with Crippen molar-refractivity contribution < 1.29 is 14.3 Å². The summed E-state index contributed by atoms with van der Waals surface area (Å²) in [5.74, 6) is 0.0174. The van der Waals surface area contributed by atoms with Crippen molar-refractivity contribution in [1.82, 2.24) is 4.90 Å². The maximum atomic E-state index is 13.2. The Labute approximate surface area is 168 Å². The van der Waals surface area contributed by atoms with Crippen molar-refractivity contribution in [3.05, 3.63) is 75.5 Å². The molecule has 2 aromatic carbocycles.